The Kier molecular flexibility index (Phi) is 5.31. The predicted molar refractivity (Wildman–Crippen MR) is 70.3 cm³/mol. The minimum absolute atomic E-state index is 0. The third-order valence-corrected chi connectivity index (χ3v) is 3.35. The molecular weight excluding hydrogens is 244 g/mol. The van der Waals surface area contributed by atoms with E-state index < -0.39 is 0 Å². The zero-order valence-electron chi connectivity index (χ0n) is 9.22. The van der Waals surface area contributed by atoms with Gasteiger partial charge in [-0.15, -0.1) is 24.2 Å². The van der Waals surface area contributed by atoms with Gasteiger partial charge in [-0.25, -0.2) is 9.97 Å². The smallest absolute Gasteiger partial charge is 0.222 e. The lowest BCUT2D eigenvalue weighted by molar-refractivity contribution is 0.684. The maximum Gasteiger partial charge on any atom is 0.222 e. The van der Waals surface area contributed by atoms with E-state index in [-0.39, 0.29) is 12.4 Å². The van der Waals surface area contributed by atoms with E-state index >= 15 is 0 Å². The maximum absolute atomic E-state index is 5.84. The molecule has 2 atom stereocenters. The molecule has 6 heteroatoms. The molecule has 0 aliphatic heterocycles. The van der Waals surface area contributed by atoms with Crippen LogP contribution in [0, 0.1) is 0 Å². The molecule has 0 amide bonds. The summed E-state index contributed by atoms with van der Waals surface area (Å²) in [6.07, 6.45) is 8.94. The molecule has 1 aliphatic carbocycles. The van der Waals surface area contributed by atoms with Gasteiger partial charge in [-0.2, -0.15) is 0 Å². The topological polar surface area (TPSA) is 63.8 Å². The highest BCUT2D eigenvalue weighted by atomic mass is 35.5. The molecule has 1 aromatic heterocycles. The predicted octanol–water partition coefficient (Wildman–Crippen LogP) is 1.91. The third-order valence-electron chi connectivity index (χ3n) is 2.67. The molecule has 1 heterocycles. The lowest BCUT2D eigenvalue weighted by atomic mass is 10.2. The molecule has 16 heavy (non-hydrogen) atoms. The van der Waals surface area contributed by atoms with E-state index in [9.17, 15) is 0 Å². The number of hydrogen-bond acceptors (Lipinski definition) is 5. The Morgan fingerprint density at radius 3 is 2.56 bits per heavy atom. The fourth-order valence-corrected chi connectivity index (χ4v) is 2.14. The van der Waals surface area contributed by atoms with Gasteiger partial charge in [-0.05, 0) is 25.5 Å². The van der Waals surface area contributed by atoms with Crippen LogP contribution in [-0.2, 0) is 0 Å². The van der Waals surface area contributed by atoms with Gasteiger partial charge in [0.2, 0.25) is 5.95 Å². The van der Waals surface area contributed by atoms with Gasteiger partial charge in [0.05, 0.1) is 0 Å². The first kappa shape index (κ1) is 13.5. The summed E-state index contributed by atoms with van der Waals surface area (Å²) in [5.41, 5.74) is 5.84. The van der Waals surface area contributed by atoms with Crippen molar-refractivity contribution >= 4 is 30.1 Å². The van der Waals surface area contributed by atoms with Gasteiger partial charge in [-0.3, -0.25) is 0 Å². The highest BCUT2D eigenvalue weighted by Gasteiger charge is 2.21. The van der Waals surface area contributed by atoms with Crippen molar-refractivity contribution in [2.75, 3.05) is 11.6 Å². The van der Waals surface area contributed by atoms with E-state index in [2.05, 4.69) is 15.3 Å². The van der Waals surface area contributed by atoms with Crippen molar-refractivity contribution in [1.29, 1.82) is 0 Å². The van der Waals surface area contributed by atoms with Crippen LogP contribution in [0.2, 0.25) is 0 Å². The first-order valence-electron chi connectivity index (χ1n) is 5.16. The monoisotopic (exact) mass is 260 g/mol. The Labute approximate surface area is 106 Å². The Morgan fingerprint density at radius 1 is 1.38 bits per heavy atom. The lowest BCUT2D eigenvalue weighted by Crippen LogP contribution is -2.21. The number of nitrogens with zero attached hydrogens (tertiary/aromatic N) is 2. The number of anilines is 1. The van der Waals surface area contributed by atoms with Crippen LogP contribution >= 0.6 is 24.2 Å². The fourth-order valence-electron chi connectivity index (χ4n) is 1.83. The van der Waals surface area contributed by atoms with Crippen LogP contribution in [0.5, 0.6) is 0 Å². The van der Waals surface area contributed by atoms with E-state index in [0.29, 0.717) is 18.0 Å². The molecule has 0 aromatic carbocycles. The van der Waals surface area contributed by atoms with Gasteiger partial charge < -0.3 is 11.1 Å². The lowest BCUT2D eigenvalue weighted by Gasteiger charge is -2.11. The SMILES string of the molecule is CSc1cnc(NC2CCC(N)C2)nc1.Cl. The van der Waals surface area contributed by atoms with Crippen molar-refractivity contribution in [2.45, 2.75) is 36.2 Å². The van der Waals surface area contributed by atoms with Gasteiger partial charge in [0.1, 0.15) is 0 Å². The zero-order valence-corrected chi connectivity index (χ0v) is 10.9. The van der Waals surface area contributed by atoms with Crippen LogP contribution in [0.1, 0.15) is 19.3 Å². The summed E-state index contributed by atoms with van der Waals surface area (Å²) >= 11 is 1.65. The fraction of sp³-hybridized carbons (Fsp3) is 0.600. The van der Waals surface area contributed by atoms with Gasteiger partial charge >= 0.3 is 0 Å². The summed E-state index contributed by atoms with van der Waals surface area (Å²) in [4.78, 5) is 9.60. The first-order chi connectivity index (χ1) is 7.28. The summed E-state index contributed by atoms with van der Waals surface area (Å²) in [5.74, 6) is 0.715. The van der Waals surface area contributed by atoms with Crippen molar-refractivity contribution in [3.8, 4) is 0 Å². The maximum atomic E-state index is 5.84. The molecule has 4 nitrogen and oxygen atoms in total. The van der Waals surface area contributed by atoms with Gasteiger partial charge in [-0.1, -0.05) is 0 Å². The summed E-state index contributed by atoms with van der Waals surface area (Å²) < 4.78 is 0. The molecule has 1 saturated carbocycles. The molecule has 0 saturated heterocycles. The van der Waals surface area contributed by atoms with E-state index in [1.54, 1.807) is 11.8 Å². The average molecular weight is 261 g/mol. The van der Waals surface area contributed by atoms with Crippen molar-refractivity contribution < 1.29 is 0 Å². The largest absolute Gasteiger partial charge is 0.351 e. The Hall–Kier alpha value is -0.520. The number of rotatable bonds is 3. The van der Waals surface area contributed by atoms with Crippen LogP contribution in [0.4, 0.5) is 5.95 Å². The first-order valence-corrected chi connectivity index (χ1v) is 6.38. The molecule has 90 valence electrons. The highest BCUT2D eigenvalue weighted by molar-refractivity contribution is 7.98. The van der Waals surface area contributed by atoms with Gasteiger partial charge in [0.25, 0.3) is 0 Å². The van der Waals surface area contributed by atoms with Crippen LogP contribution in [0.25, 0.3) is 0 Å². The molecule has 2 rings (SSSR count). The van der Waals surface area contributed by atoms with Crippen molar-refractivity contribution in [3.05, 3.63) is 12.4 Å². The standard InChI is InChI=1S/C10H16N4S.ClH/c1-15-9-5-12-10(13-6-9)14-8-3-2-7(11)4-8;/h5-8H,2-4,11H2,1H3,(H,12,13,14);1H. The minimum atomic E-state index is 0. The van der Waals surface area contributed by atoms with Crippen LogP contribution in [-0.4, -0.2) is 28.3 Å². The van der Waals surface area contributed by atoms with Gasteiger partial charge in [0, 0.05) is 29.4 Å². The summed E-state index contributed by atoms with van der Waals surface area (Å²) in [6.45, 7) is 0. The minimum Gasteiger partial charge on any atom is -0.351 e. The van der Waals surface area contributed by atoms with Crippen molar-refractivity contribution in [2.24, 2.45) is 5.73 Å². The second-order valence-corrected chi connectivity index (χ2v) is 4.74. The summed E-state index contributed by atoms with van der Waals surface area (Å²) in [6, 6.07) is 0.785. The quantitative estimate of drug-likeness (QED) is 0.813. The molecule has 1 aliphatic rings. The van der Waals surface area contributed by atoms with E-state index in [1.807, 2.05) is 18.6 Å². The molecule has 0 spiro atoms. The molecule has 2 unspecified atom stereocenters. The Morgan fingerprint density at radius 2 is 2.06 bits per heavy atom. The zero-order chi connectivity index (χ0) is 10.7. The molecule has 0 radical (unpaired) electrons. The molecule has 3 N–H and O–H groups in total. The Bertz CT molecular complexity index is 319. The summed E-state index contributed by atoms with van der Waals surface area (Å²) in [7, 11) is 0. The summed E-state index contributed by atoms with van der Waals surface area (Å²) in [5, 5.41) is 3.31. The Balaban J connectivity index is 0.00000128. The van der Waals surface area contributed by atoms with E-state index in [1.165, 1.54) is 0 Å². The van der Waals surface area contributed by atoms with E-state index in [4.69, 9.17) is 5.73 Å². The van der Waals surface area contributed by atoms with Crippen LogP contribution in [0.3, 0.4) is 0 Å². The second kappa shape index (κ2) is 6.27. The number of hydrogen-bond donors (Lipinski definition) is 2. The molecule has 1 fully saturated rings. The van der Waals surface area contributed by atoms with Crippen molar-refractivity contribution in [3.63, 3.8) is 0 Å². The van der Waals surface area contributed by atoms with Crippen LogP contribution in [0.15, 0.2) is 17.3 Å². The molecule has 1 aromatic rings. The number of thioether (sulfide) groups is 1. The highest BCUT2D eigenvalue weighted by Crippen LogP contribution is 2.20. The van der Waals surface area contributed by atoms with E-state index in [0.717, 1.165) is 24.2 Å². The normalized spacial score (nSPS) is 23.9. The number of aromatic nitrogens is 2. The number of nitrogens with two attached hydrogens (primary N) is 1. The van der Waals surface area contributed by atoms with Crippen molar-refractivity contribution in [1.82, 2.24) is 9.97 Å². The average Bonchev–Trinajstić information content (AvgIpc) is 2.65. The number of halogens is 1. The molecular formula is C10H17ClN4S. The number of nitrogens with one attached hydrogen (secondary N) is 1. The van der Waals surface area contributed by atoms with Crippen LogP contribution < -0.4 is 11.1 Å². The third kappa shape index (κ3) is 3.50. The molecule has 0 bridgehead atoms. The second-order valence-electron chi connectivity index (χ2n) is 3.86. The van der Waals surface area contributed by atoms with Gasteiger partial charge in [0.15, 0.2) is 0 Å².